The average molecular weight is 210 g/mol. The molecule has 0 aliphatic carbocycles. The van der Waals surface area contributed by atoms with Gasteiger partial charge in [0.05, 0.1) is 13.2 Å². The maximum absolute atomic E-state index is 12.5. The first-order valence-corrected chi connectivity index (χ1v) is 4.36. The van der Waals surface area contributed by atoms with E-state index in [1.807, 2.05) is 0 Å². The molecular formula is C9H13F3O2. The van der Waals surface area contributed by atoms with Gasteiger partial charge in [0.15, 0.2) is 6.29 Å². The molecule has 5 heteroatoms. The predicted octanol–water partition coefficient (Wildman–Crippen LogP) is 2.50. The SMILES string of the molecule is CC(C)=C[C@H](C1OCCO1)C(F)(F)F. The first-order valence-electron chi connectivity index (χ1n) is 4.36. The van der Waals surface area contributed by atoms with Gasteiger partial charge >= 0.3 is 6.18 Å². The van der Waals surface area contributed by atoms with Gasteiger partial charge in [-0.3, -0.25) is 0 Å². The van der Waals surface area contributed by atoms with Crippen molar-refractivity contribution in [1.82, 2.24) is 0 Å². The number of rotatable bonds is 2. The van der Waals surface area contributed by atoms with E-state index in [-0.39, 0.29) is 13.2 Å². The summed E-state index contributed by atoms with van der Waals surface area (Å²) in [6.07, 6.45) is -4.35. The van der Waals surface area contributed by atoms with Gasteiger partial charge in [0, 0.05) is 0 Å². The van der Waals surface area contributed by atoms with Crippen LogP contribution < -0.4 is 0 Å². The summed E-state index contributed by atoms with van der Waals surface area (Å²) in [5.41, 5.74) is 0.603. The second-order valence-corrected chi connectivity index (χ2v) is 3.42. The Labute approximate surface area is 80.7 Å². The van der Waals surface area contributed by atoms with E-state index in [2.05, 4.69) is 0 Å². The highest BCUT2D eigenvalue weighted by atomic mass is 19.4. The Morgan fingerprint density at radius 1 is 1.29 bits per heavy atom. The highest BCUT2D eigenvalue weighted by molar-refractivity contribution is 5.01. The summed E-state index contributed by atoms with van der Waals surface area (Å²) in [5.74, 6) is -1.66. The Morgan fingerprint density at radius 2 is 1.79 bits per heavy atom. The van der Waals surface area contributed by atoms with E-state index in [4.69, 9.17) is 9.47 Å². The van der Waals surface area contributed by atoms with Gasteiger partial charge in [0.2, 0.25) is 0 Å². The van der Waals surface area contributed by atoms with Crippen LogP contribution in [-0.2, 0) is 9.47 Å². The molecule has 1 aliphatic heterocycles. The van der Waals surface area contributed by atoms with Crippen molar-refractivity contribution in [3.05, 3.63) is 11.6 Å². The zero-order valence-corrected chi connectivity index (χ0v) is 8.10. The minimum absolute atomic E-state index is 0.230. The third-order valence-electron chi connectivity index (χ3n) is 1.83. The largest absolute Gasteiger partial charge is 0.400 e. The van der Waals surface area contributed by atoms with Crippen LogP contribution >= 0.6 is 0 Å². The number of hydrogen-bond donors (Lipinski definition) is 0. The Bertz CT molecular complexity index is 213. The number of alkyl halides is 3. The Balaban J connectivity index is 2.76. The van der Waals surface area contributed by atoms with E-state index < -0.39 is 18.4 Å². The van der Waals surface area contributed by atoms with Gasteiger partial charge in [-0.15, -0.1) is 0 Å². The van der Waals surface area contributed by atoms with Gasteiger partial charge in [-0.2, -0.15) is 13.2 Å². The molecule has 1 fully saturated rings. The van der Waals surface area contributed by atoms with Crippen molar-refractivity contribution >= 4 is 0 Å². The lowest BCUT2D eigenvalue weighted by Gasteiger charge is -2.22. The summed E-state index contributed by atoms with van der Waals surface area (Å²) >= 11 is 0. The Kier molecular flexibility index (Phi) is 3.55. The van der Waals surface area contributed by atoms with Crippen LogP contribution in [0.4, 0.5) is 13.2 Å². The van der Waals surface area contributed by atoms with E-state index in [0.717, 1.165) is 6.08 Å². The van der Waals surface area contributed by atoms with Crippen LogP contribution in [0, 0.1) is 5.92 Å². The monoisotopic (exact) mass is 210 g/mol. The Morgan fingerprint density at radius 3 is 2.14 bits per heavy atom. The summed E-state index contributed by atoms with van der Waals surface area (Å²) in [6.45, 7) is 3.70. The number of halogens is 3. The lowest BCUT2D eigenvalue weighted by Crippen LogP contribution is -2.33. The maximum Gasteiger partial charge on any atom is 0.400 e. The first kappa shape index (κ1) is 11.5. The molecule has 0 aromatic rings. The molecule has 0 bridgehead atoms. The smallest absolute Gasteiger partial charge is 0.349 e. The number of ether oxygens (including phenoxy) is 2. The lowest BCUT2D eigenvalue weighted by molar-refractivity contribution is -0.221. The zero-order chi connectivity index (χ0) is 10.8. The summed E-state index contributed by atoms with van der Waals surface area (Å²) < 4.78 is 47.3. The van der Waals surface area contributed by atoms with Crippen molar-refractivity contribution in [2.45, 2.75) is 26.3 Å². The van der Waals surface area contributed by atoms with Crippen molar-refractivity contribution in [1.29, 1.82) is 0 Å². The molecule has 0 aromatic carbocycles. The summed E-state index contributed by atoms with van der Waals surface area (Å²) in [5, 5.41) is 0. The molecule has 1 saturated heterocycles. The van der Waals surface area contributed by atoms with E-state index in [1.54, 1.807) is 13.8 Å². The molecule has 1 atom stereocenters. The van der Waals surface area contributed by atoms with Gasteiger partial charge in [-0.1, -0.05) is 11.6 Å². The minimum atomic E-state index is -4.31. The van der Waals surface area contributed by atoms with Gasteiger partial charge in [0.1, 0.15) is 5.92 Å². The van der Waals surface area contributed by atoms with E-state index in [0.29, 0.717) is 5.57 Å². The number of hydrogen-bond acceptors (Lipinski definition) is 2. The lowest BCUT2D eigenvalue weighted by atomic mass is 10.1. The molecule has 2 nitrogen and oxygen atoms in total. The third kappa shape index (κ3) is 2.99. The molecule has 0 amide bonds. The number of allylic oxidation sites excluding steroid dienone is 1. The zero-order valence-electron chi connectivity index (χ0n) is 8.10. The van der Waals surface area contributed by atoms with Crippen molar-refractivity contribution in [3.63, 3.8) is 0 Å². The molecule has 1 aliphatic rings. The summed E-state index contributed by atoms with van der Waals surface area (Å²) in [4.78, 5) is 0. The van der Waals surface area contributed by atoms with Gasteiger partial charge in [-0.05, 0) is 13.8 Å². The molecule has 14 heavy (non-hydrogen) atoms. The van der Waals surface area contributed by atoms with E-state index in [1.165, 1.54) is 0 Å². The summed E-state index contributed by atoms with van der Waals surface area (Å²) in [6, 6.07) is 0. The molecule has 0 radical (unpaired) electrons. The van der Waals surface area contributed by atoms with E-state index in [9.17, 15) is 13.2 Å². The van der Waals surface area contributed by atoms with Crippen molar-refractivity contribution < 1.29 is 22.6 Å². The average Bonchev–Trinajstić information content (AvgIpc) is 2.49. The van der Waals surface area contributed by atoms with Crippen LogP contribution in [-0.4, -0.2) is 25.7 Å². The first-order chi connectivity index (χ1) is 6.41. The van der Waals surface area contributed by atoms with Crippen LogP contribution in [0.2, 0.25) is 0 Å². The van der Waals surface area contributed by atoms with Gasteiger partial charge in [-0.25, -0.2) is 0 Å². The van der Waals surface area contributed by atoms with Crippen LogP contribution in [0.25, 0.3) is 0 Å². The van der Waals surface area contributed by atoms with Crippen molar-refractivity contribution in [2.24, 2.45) is 5.92 Å². The molecule has 0 aromatic heterocycles. The fraction of sp³-hybridized carbons (Fsp3) is 0.778. The Hall–Kier alpha value is -0.550. The molecule has 82 valence electrons. The second-order valence-electron chi connectivity index (χ2n) is 3.42. The molecule has 1 heterocycles. The standard InChI is InChI=1S/C9H13F3O2/c1-6(2)5-7(9(10,11)12)8-13-3-4-14-8/h5,7-8H,3-4H2,1-2H3/t7-/m1/s1. The summed E-state index contributed by atoms with van der Waals surface area (Å²) in [7, 11) is 0. The second kappa shape index (κ2) is 4.31. The maximum atomic E-state index is 12.5. The normalized spacial score (nSPS) is 20.9. The van der Waals surface area contributed by atoms with Crippen molar-refractivity contribution in [2.75, 3.05) is 13.2 Å². The highest BCUT2D eigenvalue weighted by Crippen LogP contribution is 2.34. The quantitative estimate of drug-likeness (QED) is 0.652. The molecule has 0 unspecified atom stereocenters. The third-order valence-corrected chi connectivity index (χ3v) is 1.83. The fourth-order valence-electron chi connectivity index (χ4n) is 1.27. The fourth-order valence-corrected chi connectivity index (χ4v) is 1.27. The predicted molar refractivity (Wildman–Crippen MR) is 44.7 cm³/mol. The minimum Gasteiger partial charge on any atom is -0.349 e. The van der Waals surface area contributed by atoms with Crippen LogP contribution in [0.5, 0.6) is 0 Å². The molecular weight excluding hydrogens is 197 g/mol. The highest BCUT2D eigenvalue weighted by Gasteiger charge is 2.45. The molecule has 0 saturated carbocycles. The van der Waals surface area contributed by atoms with Gasteiger partial charge in [0.25, 0.3) is 0 Å². The molecule has 0 N–H and O–H groups in total. The molecule has 1 rings (SSSR count). The topological polar surface area (TPSA) is 18.5 Å². The van der Waals surface area contributed by atoms with Crippen LogP contribution in [0.15, 0.2) is 11.6 Å². The van der Waals surface area contributed by atoms with Crippen LogP contribution in [0.3, 0.4) is 0 Å². The van der Waals surface area contributed by atoms with Crippen molar-refractivity contribution in [3.8, 4) is 0 Å². The molecule has 0 spiro atoms. The van der Waals surface area contributed by atoms with E-state index >= 15 is 0 Å². The van der Waals surface area contributed by atoms with Crippen LogP contribution in [0.1, 0.15) is 13.8 Å². The van der Waals surface area contributed by atoms with Gasteiger partial charge < -0.3 is 9.47 Å².